The van der Waals surface area contributed by atoms with E-state index in [0.29, 0.717) is 5.56 Å². The Morgan fingerprint density at radius 1 is 1.00 bits per heavy atom. The third-order valence-electron chi connectivity index (χ3n) is 4.50. The van der Waals surface area contributed by atoms with E-state index in [1.807, 2.05) is 49.5 Å². The maximum Gasteiger partial charge on any atom is 0.0800 e. The van der Waals surface area contributed by atoms with Crippen molar-refractivity contribution in [3.8, 4) is 11.3 Å². The van der Waals surface area contributed by atoms with Crippen LogP contribution in [0, 0.1) is 6.85 Å². The van der Waals surface area contributed by atoms with Crippen LogP contribution in [0.3, 0.4) is 0 Å². The molecule has 3 rings (SSSR count). The van der Waals surface area contributed by atoms with Crippen LogP contribution in [0.2, 0.25) is 19.6 Å². The number of nitrogens with zero attached hydrogens (tertiary/aromatic N) is 1. The zero-order chi connectivity index (χ0) is 21.4. The normalized spacial score (nSPS) is 17.0. The maximum atomic E-state index is 9.22. The molecule has 0 amide bonds. The van der Waals surface area contributed by atoms with Gasteiger partial charge in [0, 0.05) is 23.1 Å². The van der Waals surface area contributed by atoms with E-state index in [2.05, 4.69) is 24.6 Å². The molecule has 3 aromatic rings. The van der Waals surface area contributed by atoms with Gasteiger partial charge in [-0.25, -0.2) is 0 Å². The van der Waals surface area contributed by atoms with Gasteiger partial charge in [0.15, 0.2) is 0 Å². The maximum absolute atomic E-state index is 9.22. The summed E-state index contributed by atoms with van der Waals surface area (Å²) in [6, 6.07) is 18.7. The Kier molecular flexibility index (Phi) is 3.64. The molecule has 128 valence electrons. The van der Waals surface area contributed by atoms with E-state index in [1.165, 1.54) is 5.19 Å². The lowest BCUT2D eigenvalue weighted by molar-refractivity contribution is 0.925. The number of benzene rings is 2. The molecule has 2 heteroatoms. The van der Waals surface area contributed by atoms with Crippen molar-refractivity contribution in [2.24, 2.45) is 0 Å². The van der Waals surface area contributed by atoms with Crippen LogP contribution in [0.15, 0.2) is 66.9 Å². The van der Waals surface area contributed by atoms with Crippen LogP contribution in [-0.2, 0) is 0 Å². The Labute approximate surface area is 158 Å². The summed E-state index contributed by atoms with van der Waals surface area (Å²) in [6.45, 7) is 6.60. The number of aryl methyl sites for hydroxylation is 1. The first-order valence-corrected chi connectivity index (χ1v) is 12.1. The molecule has 0 saturated heterocycles. The fourth-order valence-electron chi connectivity index (χ4n) is 3.01. The molecule has 1 atom stereocenters. The highest BCUT2D eigenvalue weighted by Crippen LogP contribution is 2.27. The number of pyridine rings is 1. The Morgan fingerprint density at radius 3 is 2.28 bits per heavy atom. The van der Waals surface area contributed by atoms with Crippen molar-refractivity contribution >= 4 is 13.3 Å². The molecule has 0 fully saturated rings. The molecular weight excluding hydrogens is 318 g/mol. The van der Waals surface area contributed by atoms with Gasteiger partial charge in [-0.05, 0) is 29.2 Å². The van der Waals surface area contributed by atoms with Gasteiger partial charge in [-0.15, -0.1) is 0 Å². The molecule has 1 unspecified atom stereocenters. The second-order valence-corrected chi connectivity index (χ2v) is 12.5. The SMILES string of the molecule is [2H]C([2H])([2H])c1ccc(-c2cc(C([2H])(C)c3ccccc3)c([Si](C)(C)C)cn2)cc1. The van der Waals surface area contributed by atoms with Gasteiger partial charge in [0.25, 0.3) is 0 Å². The summed E-state index contributed by atoms with van der Waals surface area (Å²) < 4.78 is 31.9. The summed E-state index contributed by atoms with van der Waals surface area (Å²) in [4.78, 5) is 4.69. The minimum atomic E-state index is -2.12. The first kappa shape index (κ1) is 13.1. The summed E-state index contributed by atoms with van der Waals surface area (Å²) in [7, 11) is -1.74. The second kappa shape index (κ2) is 6.97. The van der Waals surface area contributed by atoms with Gasteiger partial charge in [-0.3, -0.25) is 4.98 Å². The first-order chi connectivity index (χ1) is 13.4. The zero-order valence-electron chi connectivity index (χ0n) is 19.3. The largest absolute Gasteiger partial charge is 0.256 e. The van der Waals surface area contributed by atoms with Gasteiger partial charge in [-0.2, -0.15) is 0 Å². The molecule has 2 aromatic carbocycles. The number of rotatable bonds is 4. The topological polar surface area (TPSA) is 12.9 Å². The van der Waals surface area contributed by atoms with Crippen LogP contribution < -0.4 is 5.19 Å². The van der Waals surface area contributed by atoms with Gasteiger partial charge in [-0.1, -0.05) is 86.7 Å². The number of hydrogen-bond donors (Lipinski definition) is 0. The van der Waals surface area contributed by atoms with Crippen molar-refractivity contribution in [2.45, 2.75) is 39.3 Å². The molecule has 25 heavy (non-hydrogen) atoms. The van der Waals surface area contributed by atoms with Crippen LogP contribution in [0.5, 0.6) is 0 Å². The standard InChI is InChI=1S/C23H27NSi/c1-17-11-13-20(14-12-17)22-15-21(23(16-24-22)25(3,4)5)18(2)19-9-7-6-8-10-19/h6-16,18H,1-5H3/i1D3,18D. The van der Waals surface area contributed by atoms with Gasteiger partial charge < -0.3 is 0 Å². The van der Waals surface area contributed by atoms with Crippen LogP contribution >= 0.6 is 0 Å². The van der Waals surface area contributed by atoms with E-state index in [-0.39, 0.29) is 0 Å². The van der Waals surface area contributed by atoms with Crippen molar-refractivity contribution in [1.82, 2.24) is 4.98 Å². The fraction of sp³-hybridized carbons (Fsp3) is 0.261. The minimum absolute atomic E-state index is 0.315. The molecule has 0 spiro atoms. The number of hydrogen-bond acceptors (Lipinski definition) is 1. The average molecular weight is 350 g/mol. The molecule has 0 N–H and O–H groups in total. The zero-order valence-corrected chi connectivity index (χ0v) is 16.3. The summed E-state index contributed by atoms with van der Waals surface area (Å²) in [6.07, 6.45) is 1.92. The summed E-state index contributed by atoms with van der Waals surface area (Å²) in [5.41, 5.74) is 3.83. The van der Waals surface area contributed by atoms with Gasteiger partial charge in [0.1, 0.15) is 0 Å². The molecule has 0 saturated carbocycles. The third kappa shape index (κ3) is 3.90. The average Bonchev–Trinajstić information content (AvgIpc) is 2.67. The molecule has 0 aliphatic rings. The molecule has 1 nitrogen and oxygen atoms in total. The van der Waals surface area contributed by atoms with E-state index < -0.39 is 20.8 Å². The minimum Gasteiger partial charge on any atom is -0.256 e. The first-order valence-electron chi connectivity index (χ1n) is 10.6. The Morgan fingerprint density at radius 2 is 1.68 bits per heavy atom. The highest BCUT2D eigenvalue weighted by atomic mass is 28.3. The fourth-order valence-corrected chi connectivity index (χ4v) is 4.53. The van der Waals surface area contributed by atoms with E-state index in [9.17, 15) is 1.37 Å². The molecule has 1 aromatic heterocycles. The summed E-state index contributed by atoms with van der Waals surface area (Å²) >= 11 is 0. The van der Waals surface area contributed by atoms with E-state index >= 15 is 0 Å². The second-order valence-electron chi connectivity index (χ2n) is 7.43. The lowest BCUT2D eigenvalue weighted by Gasteiger charge is -2.25. The lowest BCUT2D eigenvalue weighted by Crippen LogP contribution is -2.41. The van der Waals surface area contributed by atoms with Gasteiger partial charge in [0.2, 0.25) is 0 Å². The predicted octanol–water partition coefficient (Wildman–Crippen LogP) is 5.75. The Bertz CT molecular complexity index is 988. The molecule has 0 radical (unpaired) electrons. The van der Waals surface area contributed by atoms with Crippen LogP contribution in [0.1, 0.15) is 35.0 Å². The Hall–Kier alpha value is -2.19. The third-order valence-corrected chi connectivity index (χ3v) is 6.52. The van der Waals surface area contributed by atoms with Crippen molar-refractivity contribution in [1.29, 1.82) is 0 Å². The van der Waals surface area contributed by atoms with Crippen LogP contribution in [0.25, 0.3) is 11.3 Å². The van der Waals surface area contributed by atoms with Gasteiger partial charge >= 0.3 is 0 Å². The monoisotopic (exact) mass is 349 g/mol. The van der Waals surface area contributed by atoms with Crippen LogP contribution in [0.4, 0.5) is 0 Å². The van der Waals surface area contributed by atoms with E-state index in [1.54, 1.807) is 24.3 Å². The van der Waals surface area contributed by atoms with Crippen molar-refractivity contribution in [3.05, 3.63) is 83.6 Å². The molecule has 0 aliphatic carbocycles. The molecule has 1 heterocycles. The van der Waals surface area contributed by atoms with Gasteiger partial charge in [0.05, 0.1) is 13.8 Å². The van der Waals surface area contributed by atoms with E-state index in [4.69, 9.17) is 4.11 Å². The molecular formula is C23H27NSi. The number of aromatic nitrogens is 1. The predicted molar refractivity (Wildman–Crippen MR) is 111 cm³/mol. The van der Waals surface area contributed by atoms with Crippen molar-refractivity contribution in [3.63, 3.8) is 0 Å². The quantitative estimate of drug-likeness (QED) is 0.546. The molecule has 0 bridgehead atoms. The van der Waals surface area contributed by atoms with Crippen LogP contribution in [-0.4, -0.2) is 13.1 Å². The van der Waals surface area contributed by atoms with Crippen molar-refractivity contribution < 1.29 is 5.48 Å². The Balaban J connectivity index is 2.15. The van der Waals surface area contributed by atoms with Crippen molar-refractivity contribution in [2.75, 3.05) is 0 Å². The highest BCUT2D eigenvalue weighted by molar-refractivity contribution is 6.89. The summed E-state index contributed by atoms with van der Waals surface area (Å²) in [5, 5.41) is 1.17. The lowest BCUT2D eigenvalue weighted by atomic mass is 9.92. The smallest absolute Gasteiger partial charge is 0.0800 e. The molecule has 0 aliphatic heterocycles. The highest BCUT2D eigenvalue weighted by Gasteiger charge is 2.24. The van der Waals surface area contributed by atoms with E-state index in [0.717, 1.165) is 22.4 Å². The summed E-state index contributed by atoms with van der Waals surface area (Å²) in [5.74, 6) is -0.910.